The summed E-state index contributed by atoms with van der Waals surface area (Å²) in [7, 11) is 0. The molecule has 1 unspecified atom stereocenters. The molecule has 0 aromatic heterocycles. The normalized spacial score (nSPS) is 15.0. The summed E-state index contributed by atoms with van der Waals surface area (Å²) >= 11 is 0. The highest BCUT2D eigenvalue weighted by molar-refractivity contribution is 6.12. The van der Waals surface area contributed by atoms with Crippen molar-refractivity contribution in [3.05, 3.63) is 70.5 Å². The molecule has 0 aliphatic heterocycles. The Hall–Kier alpha value is -2.42. The molecular formula is C21H22FNO. The van der Waals surface area contributed by atoms with E-state index in [2.05, 4.69) is 19.9 Å². The zero-order chi connectivity index (χ0) is 17.3. The Labute approximate surface area is 142 Å². The van der Waals surface area contributed by atoms with Crippen molar-refractivity contribution in [3.8, 4) is 0 Å². The van der Waals surface area contributed by atoms with Crippen molar-refractivity contribution in [3.63, 3.8) is 0 Å². The van der Waals surface area contributed by atoms with Gasteiger partial charge in [-0.1, -0.05) is 38.5 Å². The van der Waals surface area contributed by atoms with Gasteiger partial charge in [-0.15, -0.1) is 0 Å². The van der Waals surface area contributed by atoms with E-state index in [9.17, 15) is 9.18 Å². The molecule has 0 heterocycles. The number of fused-ring (bicyclic) bond motifs is 1. The third kappa shape index (κ3) is 3.25. The van der Waals surface area contributed by atoms with Crippen LogP contribution in [0.15, 0.2) is 42.5 Å². The van der Waals surface area contributed by atoms with E-state index < -0.39 is 5.82 Å². The average molecular weight is 323 g/mol. The van der Waals surface area contributed by atoms with E-state index in [1.165, 1.54) is 11.6 Å². The Kier molecular flexibility index (Phi) is 4.52. The van der Waals surface area contributed by atoms with Crippen LogP contribution >= 0.6 is 0 Å². The molecule has 124 valence electrons. The van der Waals surface area contributed by atoms with E-state index in [-0.39, 0.29) is 11.5 Å². The quantitative estimate of drug-likeness (QED) is 0.820. The second-order valence-electron chi connectivity index (χ2n) is 6.66. The Morgan fingerprint density at radius 2 is 2.00 bits per heavy atom. The molecule has 0 saturated heterocycles. The fourth-order valence-electron chi connectivity index (χ4n) is 3.09. The van der Waals surface area contributed by atoms with Crippen LogP contribution in [0.1, 0.15) is 47.3 Å². The van der Waals surface area contributed by atoms with E-state index in [1.54, 1.807) is 18.2 Å². The third-order valence-corrected chi connectivity index (χ3v) is 4.78. The summed E-state index contributed by atoms with van der Waals surface area (Å²) in [5, 5.41) is 0. The summed E-state index contributed by atoms with van der Waals surface area (Å²) in [5.74, 6) is 0.149. The van der Waals surface area contributed by atoms with Gasteiger partial charge in [0, 0.05) is 5.56 Å². The Bertz CT molecular complexity index is 823. The molecule has 1 aliphatic rings. The van der Waals surface area contributed by atoms with Crippen LogP contribution in [0.25, 0.3) is 5.57 Å². The van der Waals surface area contributed by atoms with Crippen molar-refractivity contribution in [1.82, 2.24) is 0 Å². The van der Waals surface area contributed by atoms with E-state index in [0.717, 1.165) is 29.5 Å². The van der Waals surface area contributed by atoms with Gasteiger partial charge in [-0.2, -0.15) is 0 Å². The Morgan fingerprint density at radius 1 is 1.21 bits per heavy atom. The standard InChI is InChI=1S/C21H22FNO/c1-3-13(2)8-14-4-5-16-10-17(12-21(24)18(16)9-14)15-6-7-20(23)19(22)11-15/h4-7,9,11-13H,3,8,10,23H2,1-2H3. The predicted octanol–water partition coefficient (Wildman–Crippen LogP) is 4.82. The fraction of sp³-hybridized carbons (Fsp3) is 0.286. The van der Waals surface area contributed by atoms with Gasteiger partial charge in [-0.25, -0.2) is 4.39 Å². The molecule has 2 nitrogen and oxygen atoms in total. The van der Waals surface area contributed by atoms with Crippen LogP contribution in [0.5, 0.6) is 0 Å². The SMILES string of the molecule is CCC(C)Cc1ccc2c(c1)C(=O)C=C(c1ccc(N)c(F)c1)C2. The van der Waals surface area contributed by atoms with Crippen molar-refractivity contribution >= 4 is 17.0 Å². The largest absolute Gasteiger partial charge is 0.396 e. The molecule has 3 rings (SSSR count). The van der Waals surface area contributed by atoms with Gasteiger partial charge < -0.3 is 5.73 Å². The minimum atomic E-state index is -0.449. The lowest BCUT2D eigenvalue weighted by Gasteiger charge is -2.18. The molecule has 0 bridgehead atoms. The van der Waals surface area contributed by atoms with Gasteiger partial charge in [0.1, 0.15) is 5.82 Å². The average Bonchev–Trinajstić information content (AvgIpc) is 2.57. The first-order chi connectivity index (χ1) is 11.5. The lowest BCUT2D eigenvalue weighted by Crippen LogP contribution is -2.11. The van der Waals surface area contributed by atoms with Gasteiger partial charge in [0.25, 0.3) is 0 Å². The van der Waals surface area contributed by atoms with Crippen molar-refractivity contribution in [2.24, 2.45) is 5.92 Å². The van der Waals surface area contributed by atoms with Crippen LogP contribution in [-0.4, -0.2) is 5.78 Å². The van der Waals surface area contributed by atoms with Crippen LogP contribution in [0.2, 0.25) is 0 Å². The van der Waals surface area contributed by atoms with E-state index in [4.69, 9.17) is 5.73 Å². The molecule has 3 heteroatoms. The summed E-state index contributed by atoms with van der Waals surface area (Å²) in [5.41, 5.74) is 10.2. The minimum Gasteiger partial charge on any atom is -0.396 e. The highest BCUT2D eigenvalue weighted by atomic mass is 19.1. The number of allylic oxidation sites excluding steroid dienone is 2. The van der Waals surface area contributed by atoms with E-state index in [1.807, 2.05) is 12.1 Å². The zero-order valence-electron chi connectivity index (χ0n) is 14.1. The second kappa shape index (κ2) is 6.60. The molecule has 0 spiro atoms. The minimum absolute atomic E-state index is 0.00511. The monoisotopic (exact) mass is 323 g/mol. The van der Waals surface area contributed by atoms with Crippen LogP contribution in [-0.2, 0) is 12.8 Å². The maximum atomic E-state index is 13.7. The number of carbonyl (C=O) groups is 1. The van der Waals surface area contributed by atoms with Crippen LogP contribution in [0.3, 0.4) is 0 Å². The van der Waals surface area contributed by atoms with E-state index in [0.29, 0.717) is 17.9 Å². The molecule has 2 aromatic rings. The summed E-state index contributed by atoms with van der Waals surface area (Å²) in [6.07, 6.45) is 4.36. The van der Waals surface area contributed by atoms with Crippen LogP contribution in [0, 0.1) is 11.7 Å². The molecule has 0 fully saturated rings. The number of carbonyl (C=O) groups excluding carboxylic acids is 1. The molecule has 2 aromatic carbocycles. The van der Waals surface area contributed by atoms with Crippen LogP contribution < -0.4 is 5.73 Å². The first-order valence-electron chi connectivity index (χ1n) is 8.40. The number of hydrogen-bond acceptors (Lipinski definition) is 2. The third-order valence-electron chi connectivity index (χ3n) is 4.78. The molecule has 2 N–H and O–H groups in total. The van der Waals surface area contributed by atoms with Gasteiger partial charge in [-0.3, -0.25) is 4.79 Å². The smallest absolute Gasteiger partial charge is 0.186 e. The summed E-state index contributed by atoms with van der Waals surface area (Å²) in [6.45, 7) is 4.39. The zero-order valence-corrected chi connectivity index (χ0v) is 14.1. The van der Waals surface area contributed by atoms with Gasteiger partial charge in [0.15, 0.2) is 5.78 Å². The van der Waals surface area contributed by atoms with Gasteiger partial charge >= 0.3 is 0 Å². The molecule has 24 heavy (non-hydrogen) atoms. The highest BCUT2D eigenvalue weighted by Crippen LogP contribution is 2.30. The number of hydrogen-bond donors (Lipinski definition) is 1. The number of halogens is 1. The lowest BCUT2D eigenvalue weighted by molar-refractivity contribution is 0.104. The Balaban J connectivity index is 1.90. The second-order valence-corrected chi connectivity index (χ2v) is 6.66. The number of rotatable bonds is 4. The first-order valence-corrected chi connectivity index (χ1v) is 8.40. The van der Waals surface area contributed by atoms with Crippen molar-refractivity contribution in [2.45, 2.75) is 33.1 Å². The maximum absolute atomic E-state index is 13.7. The number of nitrogen functional groups attached to an aromatic ring is 1. The number of benzene rings is 2. The summed E-state index contributed by atoms with van der Waals surface area (Å²) in [4.78, 5) is 12.5. The number of anilines is 1. The Morgan fingerprint density at radius 3 is 2.71 bits per heavy atom. The summed E-state index contributed by atoms with van der Waals surface area (Å²) < 4.78 is 13.7. The first kappa shape index (κ1) is 16.4. The maximum Gasteiger partial charge on any atom is 0.186 e. The number of ketones is 1. The van der Waals surface area contributed by atoms with Gasteiger partial charge in [0.2, 0.25) is 0 Å². The van der Waals surface area contributed by atoms with Crippen LogP contribution in [0.4, 0.5) is 10.1 Å². The van der Waals surface area contributed by atoms with Crippen molar-refractivity contribution < 1.29 is 9.18 Å². The molecule has 0 saturated carbocycles. The molecule has 1 atom stereocenters. The van der Waals surface area contributed by atoms with Crippen molar-refractivity contribution in [2.75, 3.05) is 5.73 Å². The fourth-order valence-corrected chi connectivity index (χ4v) is 3.09. The molecule has 0 radical (unpaired) electrons. The topological polar surface area (TPSA) is 43.1 Å². The van der Waals surface area contributed by atoms with Gasteiger partial charge in [0.05, 0.1) is 5.69 Å². The molecule has 1 aliphatic carbocycles. The molecule has 0 amide bonds. The highest BCUT2D eigenvalue weighted by Gasteiger charge is 2.20. The van der Waals surface area contributed by atoms with E-state index >= 15 is 0 Å². The number of nitrogens with two attached hydrogens (primary N) is 1. The summed E-state index contributed by atoms with van der Waals surface area (Å²) in [6, 6.07) is 10.9. The van der Waals surface area contributed by atoms with Gasteiger partial charge in [-0.05, 0) is 65.3 Å². The molecular weight excluding hydrogens is 301 g/mol. The lowest BCUT2D eigenvalue weighted by atomic mass is 9.85. The van der Waals surface area contributed by atoms with Crippen molar-refractivity contribution in [1.29, 1.82) is 0 Å². The predicted molar refractivity (Wildman–Crippen MR) is 96.4 cm³/mol.